The minimum Gasteiger partial charge on any atom is -0.457 e. The fourth-order valence-corrected chi connectivity index (χ4v) is 3.56. The van der Waals surface area contributed by atoms with Gasteiger partial charge in [-0.1, -0.05) is 42.5 Å². The van der Waals surface area contributed by atoms with Crippen LogP contribution in [-0.4, -0.2) is 12.0 Å². The molecule has 0 unspecified atom stereocenters. The van der Waals surface area contributed by atoms with Gasteiger partial charge in [0.15, 0.2) is 11.5 Å². The van der Waals surface area contributed by atoms with Gasteiger partial charge in [0, 0.05) is 13.8 Å². The van der Waals surface area contributed by atoms with Crippen molar-refractivity contribution in [3.63, 3.8) is 0 Å². The highest BCUT2D eigenvalue weighted by Gasteiger charge is 2.37. The molecule has 3 nitrogen and oxygen atoms in total. The van der Waals surface area contributed by atoms with Crippen LogP contribution in [0.1, 0.15) is 31.4 Å². The van der Waals surface area contributed by atoms with Gasteiger partial charge in [-0.15, -0.1) is 0 Å². The second-order valence-corrected chi connectivity index (χ2v) is 7.98. The fraction of sp³-hybridized carbons (Fsp3) is 0.231. The number of aryl methyl sites for hydroxylation is 1. The summed E-state index contributed by atoms with van der Waals surface area (Å²) in [6, 6.07) is 21.0. The average molecular weight is 440 g/mol. The van der Waals surface area contributed by atoms with Crippen molar-refractivity contribution in [2.45, 2.75) is 38.7 Å². The zero-order valence-corrected chi connectivity index (χ0v) is 17.8. The molecule has 1 aliphatic heterocycles. The van der Waals surface area contributed by atoms with E-state index in [9.17, 15) is 13.2 Å². The number of rotatable bonds is 6. The summed E-state index contributed by atoms with van der Waals surface area (Å²) in [5, 5.41) is 0. The Bertz CT molecular complexity index is 1120. The summed E-state index contributed by atoms with van der Waals surface area (Å²) >= 11 is 0. The number of alkyl halides is 3. The second-order valence-electron chi connectivity index (χ2n) is 7.98. The first-order chi connectivity index (χ1) is 15.2. The van der Waals surface area contributed by atoms with Crippen LogP contribution in [0, 0.1) is 0 Å². The monoisotopic (exact) mass is 440 g/mol. The van der Waals surface area contributed by atoms with Crippen LogP contribution in [0.2, 0.25) is 0 Å². The molecular formula is C26H23F3O3. The van der Waals surface area contributed by atoms with Crippen molar-refractivity contribution in [1.82, 2.24) is 0 Å². The van der Waals surface area contributed by atoms with Gasteiger partial charge in [0.05, 0.1) is 5.57 Å². The minimum atomic E-state index is -4.48. The van der Waals surface area contributed by atoms with Gasteiger partial charge < -0.3 is 14.2 Å². The molecule has 3 aromatic carbocycles. The number of benzene rings is 3. The van der Waals surface area contributed by atoms with E-state index < -0.39 is 17.5 Å². The Morgan fingerprint density at radius 1 is 0.875 bits per heavy atom. The maximum atomic E-state index is 13.8. The lowest BCUT2D eigenvalue weighted by Gasteiger charge is -2.16. The number of hydrogen-bond donors (Lipinski definition) is 0. The summed E-state index contributed by atoms with van der Waals surface area (Å²) in [7, 11) is 0. The maximum absolute atomic E-state index is 13.8. The average Bonchev–Trinajstić information content (AvgIpc) is 3.04. The van der Waals surface area contributed by atoms with Crippen molar-refractivity contribution in [2.24, 2.45) is 0 Å². The molecule has 0 bridgehead atoms. The van der Waals surface area contributed by atoms with Crippen LogP contribution in [0.3, 0.4) is 0 Å². The molecule has 32 heavy (non-hydrogen) atoms. The highest BCUT2D eigenvalue weighted by molar-refractivity contribution is 5.72. The smallest absolute Gasteiger partial charge is 0.416 e. The summed E-state index contributed by atoms with van der Waals surface area (Å²) < 4.78 is 58.3. The molecule has 0 saturated carbocycles. The molecule has 166 valence electrons. The van der Waals surface area contributed by atoms with Crippen LogP contribution in [0.5, 0.6) is 23.0 Å². The molecule has 0 radical (unpaired) electrons. The molecule has 0 aliphatic carbocycles. The highest BCUT2D eigenvalue weighted by atomic mass is 19.4. The number of halogens is 3. The van der Waals surface area contributed by atoms with Crippen molar-refractivity contribution < 1.29 is 27.4 Å². The van der Waals surface area contributed by atoms with E-state index >= 15 is 0 Å². The largest absolute Gasteiger partial charge is 0.457 e. The Balaban J connectivity index is 1.49. The van der Waals surface area contributed by atoms with Gasteiger partial charge in [-0.25, -0.2) is 0 Å². The Morgan fingerprint density at radius 2 is 1.59 bits per heavy atom. The van der Waals surface area contributed by atoms with Gasteiger partial charge in [0.1, 0.15) is 11.5 Å². The molecule has 4 rings (SSSR count). The normalized spacial score (nSPS) is 15.0. The molecule has 0 spiro atoms. The third-order valence-corrected chi connectivity index (χ3v) is 4.93. The molecule has 1 heterocycles. The lowest BCUT2D eigenvalue weighted by molar-refractivity contribution is -0.0690. The first-order valence-corrected chi connectivity index (χ1v) is 10.3. The lowest BCUT2D eigenvalue weighted by Crippen LogP contribution is -2.29. The summed E-state index contributed by atoms with van der Waals surface area (Å²) in [5.74, 6) is 1.21. The zero-order chi connectivity index (χ0) is 22.8. The quantitative estimate of drug-likeness (QED) is 0.396. The number of ether oxygens (including phenoxy) is 3. The molecule has 0 saturated heterocycles. The van der Waals surface area contributed by atoms with Gasteiger partial charge in [-0.05, 0) is 60.4 Å². The molecule has 0 amide bonds. The van der Waals surface area contributed by atoms with E-state index in [1.807, 2.05) is 54.6 Å². The number of allylic oxidation sites excluding steroid dienone is 2. The predicted octanol–water partition coefficient (Wildman–Crippen LogP) is 7.56. The van der Waals surface area contributed by atoms with E-state index in [1.165, 1.54) is 24.3 Å². The SMILES string of the molecule is CC1(C)Oc2ccc(C(=CCCc3cccc(Oc4ccccc4)c3)C(F)(F)F)cc2O1. The van der Waals surface area contributed by atoms with Crippen molar-refractivity contribution in [1.29, 1.82) is 0 Å². The minimum absolute atomic E-state index is 0.0544. The number of hydrogen-bond acceptors (Lipinski definition) is 3. The van der Waals surface area contributed by atoms with Crippen molar-refractivity contribution in [3.8, 4) is 23.0 Å². The third kappa shape index (κ3) is 5.25. The van der Waals surface area contributed by atoms with Crippen molar-refractivity contribution in [3.05, 3.63) is 90.0 Å². The van der Waals surface area contributed by atoms with E-state index in [0.29, 0.717) is 29.4 Å². The summed E-state index contributed by atoms with van der Waals surface area (Å²) in [4.78, 5) is 0. The topological polar surface area (TPSA) is 27.7 Å². The molecular weight excluding hydrogens is 417 g/mol. The van der Waals surface area contributed by atoms with Gasteiger partial charge in [0.2, 0.25) is 5.79 Å². The molecule has 6 heteroatoms. The van der Waals surface area contributed by atoms with Gasteiger partial charge >= 0.3 is 6.18 Å². The van der Waals surface area contributed by atoms with E-state index in [2.05, 4.69) is 0 Å². The Labute approximate surface area is 185 Å². The Morgan fingerprint density at radius 3 is 2.34 bits per heavy atom. The van der Waals surface area contributed by atoms with Crippen LogP contribution in [0.25, 0.3) is 5.57 Å². The Hall–Kier alpha value is -3.41. The van der Waals surface area contributed by atoms with Gasteiger partial charge in [0.25, 0.3) is 0 Å². The first-order valence-electron chi connectivity index (χ1n) is 10.3. The van der Waals surface area contributed by atoms with E-state index in [4.69, 9.17) is 14.2 Å². The second kappa shape index (κ2) is 8.61. The van der Waals surface area contributed by atoms with Crippen LogP contribution >= 0.6 is 0 Å². The molecule has 0 atom stereocenters. The van der Waals surface area contributed by atoms with E-state index in [1.54, 1.807) is 13.8 Å². The lowest BCUT2D eigenvalue weighted by atomic mass is 10.0. The van der Waals surface area contributed by atoms with E-state index in [0.717, 1.165) is 5.56 Å². The summed E-state index contributed by atoms with van der Waals surface area (Å²) in [6.07, 6.45) is -2.58. The first kappa shape index (κ1) is 21.8. The number of fused-ring (bicyclic) bond motifs is 1. The van der Waals surface area contributed by atoms with Crippen LogP contribution < -0.4 is 14.2 Å². The van der Waals surface area contributed by atoms with Crippen LogP contribution in [0.15, 0.2) is 78.9 Å². The molecule has 3 aromatic rings. The zero-order valence-electron chi connectivity index (χ0n) is 17.8. The summed E-state index contributed by atoms with van der Waals surface area (Å²) in [5.41, 5.74) is 0.257. The molecule has 1 aliphatic rings. The third-order valence-electron chi connectivity index (χ3n) is 4.93. The summed E-state index contributed by atoms with van der Waals surface area (Å²) in [6.45, 7) is 3.42. The van der Waals surface area contributed by atoms with Crippen molar-refractivity contribution >= 4 is 5.57 Å². The van der Waals surface area contributed by atoms with Crippen LogP contribution in [-0.2, 0) is 6.42 Å². The molecule has 0 N–H and O–H groups in total. The van der Waals surface area contributed by atoms with E-state index in [-0.39, 0.29) is 12.0 Å². The van der Waals surface area contributed by atoms with Gasteiger partial charge in [-0.2, -0.15) is 13.2 Å². The standard InChI is InChI=1S/C26H23F3O3/c1-25(2)31-23-15-14-19(17-24(23)32-25)22(26(27,28)29)13-7-9-18-8-6-12-21(16-18)30-20-10-4-3-5-11-20/h3-6,8,10-17H,7,9H2,1-2H3. The fourth-order valence-electron chi connectivity index (χ4n) is 3.56. The maximum Gasteiger partial charge on any atom is 0.416 e. The molecule has 0 aromatic heterocycles. The van der Waals surface area contributed by atoms with Crippen molar-refractivity contribution in [2.75, 3.05) is 0 Å². The Kier molecular flexibility index (Phi) is 5.87. The van der Waals surface area contributed by atoms with Gasteiger partial charge in [-0.3, -0.25) is 0 Å². The highest BCUT2D eigenvalue weighted by Crippen LogP contribution is 2.43. The predicted molar refractivity (Wildman–Crippen MR) is 117 cm³/mol. The number of para-hydroxylation sites is 1. The van der Waals surface area contributed by atoms with Crippen LogP contribution in [0.4, 0.5) is 13.2 Å². The molecule has 0 fully saturated rings.